The normalized spacial score (nSPS) is 12.8. The lowest BCUT2D eigenvalue weighted by Crippen LogP contribution is -2.48. The molecule has 2 aromatic carbocycles. The summed E-state index contributed by atoms with van der Waals surface area (Å²) in [7, 11) is 0. The van der Waals surface area contributed by atoms with E-state index in [0.29, 0.717) is 6.61 Å². The molecule has 0 aliphatic carbocycles. The van der Waals surface area contributed by atoms with Gasteiger partial charge in [-0.1, -0.05) is 48.0 Å². The van der Waals surface area contributed by atoms with E-state index < -0.39 is 0 Å². The van der Waals surface area contributed by atoms with Gasteiger partial charge < -0.3 is 9.54 Å². The molecule has 18 heavy (non-hydrogen) atoms. The minimum atomic E-state index is -0.244. The minimum absolute atomic E-state index is 0.244. The van der Waals surface area contributed by atoms with Crippen molar-refractivity contribution in [3.8, 4) is 5.75 Å². The molecule has 0 atom stereocenters. The number of hydrogen-bond acceptors (Lipinski definition) is 3. The van der Waals surface area contributed by atoms with Gasteiger partial charge in [0.1, 0.15) is 12.4 Å². The molecule has 1 heterocycles. The molecule has 0 amide bonds. The van der Waals surface area contributed by atoms with Crippen LogP contribution in [0.2, 0.25) is 0 Å². The molecular formula is C14H13BO3. The van der Waals surface area contributed by atoms with Crippen molar-refractivity contribution >= 4 is 12.4 Å². The molecule has 4 heteroatoms. The molecule has 0 saturated heterocycles. The molecule has 0 spiro atoms. The lowest BCUT2D eigenvalue weighted by molar-refractivity contribution is -0.143. The molecule has 3 rings (SSSR count). The molecule has 1 N–H and O–H groups in total. The first kappa shape index (κ1) is 11.3. The van der Waals surface area contributed by atoms with Gasteiger partial charge >= 0.3 is 6.92 Å². The van der Waals surface area contributed by atoms with E-state index in [4.69, 9.17) is 9.99 Å². The Bertz CT molecular complexity index is 542. The van der Waals surface area contributed by atoms with Crippen LogP contribution in [-0.2, 0) is 17.7 Å². The largest absolute Gasteiger partial charge is 0.489 e. The van der Waals surface area contributed by atoms with Gasteiger partial charge in [0, 0.05) is 0 Å². The molecule has 0 radical (unpaired) electrons. The molecule has 0 fully saturated rings. The van der Waals surface area contributed by atoms with E-state index in [-0.39, 0.29) is 6.92 Å². The average Bonchev–Trinajstić information content (AvgIpc) is 2.39. The van der Waals surface area contributed by atoms with Crippen LogP contribution in [-0.4, -0.2) is 12.2 Å². The second-order valence-electron chi connectivity index (χ2n) is 4.40. The first-order valence-electron chi connectivity index (χ1n) is 5.97. The predicted molar refractivity (Wildman–Crippen MR) is 70.0 cm³/mol. The van der Waals surface area contributed by atoms with Crippen LogP contribution in [0.1, 0.15) is 11.1 Å². The number of hydrogen-bond donors (Lipinski definition) is 1. The van der Waals surface area contributed by atoms with E-state index in [1.54, 1.807) is 0 Å². The van der Waals surface area contributed by atoms with Crippen molar-refractivity contribution in [3.05, 3.63) is 59.7 Å². The molecule has 2 aromatic rings. The summed E-state index contributed by atoms with van der Waals surface area (Å²) in [5, 5.41) is 8.79. The highest BCUT2D eigenvalue weighted by Crippen LogP contribution is 2.22. The first-order valence-corrected chi connectivity index (χ1v) is 5.97. The van der Waals surface area contributed by atoms with Gasteiger partial charge in [-0.25, -0.2) is 0 Å². The Labute approximate surface area is 106 Å². The summed E-state index contributed by atoms with van der Waals surface area (Å²) in [5.74, 6) is 0.793. The Morgan fingerprint density at radius 2 is 1.89 bits per heavy atom. The summed E-state index contributed by atoms with van der Waals surface area (Å²) in [4.78, 5) is 4.43. The predicted octanol–water partition coefficient (Wildman–Crippen LogP) is 2.05. The molecule has 1 aliphatic rings. The Kier molecular flexibility index (Phi) is 3.05. The lowest BCUT2D eigenvalue weighted by Gasteiger charge is -2.26. The third kappa shape index (κ3) is 2.01. The van der Waals surface area contributed by atoms with Gasteiger partial charge in [-0.15, -0.1) is 0 Å². The smallest absolute Gasteiger partial charge is 0.380 e. The van der Waals surface area contributed by atoms with Gasteiger partial charge in [0.15, 0.2) is 0 Å². The molecule has 0 bridgehead atoms. The molecule has 1 aliphatic heterocycles. The van der Waals surface area contributed by atoms with Crippen LogP contribution in [0.3, 0.4) is 0 Å². The number of rotatable bonds is 4. The van der Waals surface area contributed by atoms with Crippen LogP contribution < -0.4 is 10.2 Å². The van der Waals surface area contributed by atoms with E-state index in [2.05, 4.69) is 4.81 Å². The third-order valence-corrected chi connectivity index (χ3v) is 3.25. The fourth-order valence-corrected chi connectivity index (χ4v) is 2.25. The summed E-state index contributed by atoms with van der Waals surface area (Å²) in [5.41, 5.74) is 3.27. The quantitative estimate of drug-likeness (QED) is 0.505. The van der Waals surface area contributed by atoms with E-state index in [9.17, 15) is 0 Å². The maximum atomic E-state index is 8.79. The molecule has 0 aromatic heterocycles. The highest BCUT2D eigenvalue weighted by molar-refractivity contribution is 6.72. The van der Waals surface area contributed by atoms with E-state index >= 15 is 0 Å². The zero-order chi connectivity index (χ0) is 12.4. The molecule has 3 nitrogen and oxygen atoms in total. The SMILES string of the molecule is OOB1Cc2cccc(OCc3ccccc3)c21. The second-order valence-corrected chi connectivity index (χ2v) is 4.40. The van der Waals surface area contributed by atoms with Gasteiger partial charge in [0.25, 0.3) is 0 Å². The second kappa shape index (κ2) is 4.84. The van der Waals surface area contributed by atoms with Crippen LogP contribution in [0, 0.1) is 0 Å². The van der Waals surface area contributed by atoms with Crippen molar-refractivity contribution in [1.82, 2.24) is 0 Å². The van der Waals surface area contributed by atoms with E-state index in [1.807, 2.05) is 48.5 Å². The molecule has 0 saturated carbocycles. The molecule has 90 valence electrons. The van der Waals surface area contributed by atoms with Gasteiger partial charge in [0.05, 0.1) is 0 Å². The van der Waals surface area contributed by atoms with Crippen molar-refractivity contribution in [2.24, 2.45) is 0 Å². The van der Waals surface area contributed by atoms with Crippen molar-refractivity contribution in [2.45, 2.75) is 12.9 Å². The van der Waals surface area contributed by atoms with Gasteiger partial charge in [0.2, 0.25) is 0 Å². The Morgan fingerprint density at radius 3 is 2.67 bits per heavy atom. The molecular weight excluding hydrogens is 227 g/mol. The average molecular weight is 240 g/mol. The van der Waals surface area contributed by atoms with Crippen molar-refractivity contribution < 1.29 is 14.8 Å². The highest BCUT2D eigenvalue weighted by Gasteiger charge is 2.36. The van der Waals surface area contributed by atoms with Gasteiger partial charge in [-0.3, -0.25) is 5.26 Å². The van der Waals surface area contributed by atoms with Crippen molar-refractivity contribution in [1.29, 1.82) is 0 Å². The Morgan fingerprint density at radius 1 is 1.06 bits per heavy atom. The van der Waals surface area contributed by atoms with Crippen LogP contribution in [0.25, 0.3) is 0 Å². The number of benzene rings is 2. The zero-order valence-corrected chi connectivity index (χ0v) is 9.87. The summed E-state index contributed by atoms with van der Waals surface area (Å²) in [6.45, 7) is 0.280. The highest BCUT2D eigenvalue weighted by atomic mass is 17.1. The van der Waals surface area contributed by atoms with Crippen LogP contribution >= 0.6 is 0 Å². The monoisotopic (exact) mass is 240 g/mol. The number of ether oxygens (including phenoxy) is 1. The fraction of sp³-hybridized carbons (Fsp3) is 0.143. The number of fused-ring (bicyclic) bond motifs is 1. The third-order valence-electron chi connectivity index (χ3n) is 3.25. The van der Waals surface area contributed by atoms with Crippen LogP contribution in [0.15, 0.2) is 48.5 Å². The lowest BCUT2D eigenvalue weighted by atomic mass is 9.45. The summed E-state index contributed by atoms with van der Waals surface area (Å²) >= 11 is 0. The summed E-state index contributed by atoms with van der Waals surface area (Å²) in [6.07, 6.45) is 0.744. The Balaban J connectivity index is 1.76. The first-order chi connectivity index (χ1) is 8.88. The minimum Gasteiger partial charge on any atom is -0.489 e. The maximum Gasteiger partial charge on any atom is 0.380 e. The van der Waals surface area contributed by atoms with Gasteiger partial charge in [-0.2, -0.15) is 0 Å². The van der Waals surface area contributed by atoms with E-state index in [0.717, 1.165) is 23.1 Å². The van der Waals surface area contributed by atoms with Crippen LogP contribution in [0.5, 0.6) is 5.75 Å². The molecule has 0 unspecified atom stereocenters. The zero-order valence-electron chi connectivity index (χ0n) is 9.87. The van der Waals surface area contributed by atoms with Gasteiger partial charge in [-0.05, 0) is 23.4 Å². The fourth-order valence-electron chi connectivity index (χ4n) is 2.25. The standard InChI is InChI=1S/C14H13BO3/c16-18-15-9-12-7-4-8-13(14(12)15)17-10-11-5-2-1-3-6-11/h1-8,16H,9-10H2. The topological polar surface area (TPSA) is 38.7 Å². The Hall–Kier alpha value is -1.78. The summed E-state index contributed by atoms with van der Waals surface area (Å²) in [6, 6.07) is 15.9. The maximum absolute atomic E-state index is 8.79. The summed E-state index contributed by atoms with van der Waals surface area (Å²) < 4.78 is 5.80. The van der Waals surface area contributed by atoms with Crippen molar-refractivity contribution in [2.75, 3.05) is 0 Å². The van der Waals surface area contributed by atoms with Crippen LogP contribution in [0.4, 0.5) is 0 Å². The van der Waals surface area contributed by atoms with E-state index in [1.165, 1.54) is 5.56 Å². The van der Waals surface area contributed by atoms with Crippen molar-refractivity contribution in [3.63, 3.8) is 0 Å².